The predicted molar refractivity (Wildman–Crippen MR) is 106 cm³/mol. The number of aryl methyl sites for hydroxylation is 1. The number of carbonyl (C=O) groups excluding carboxylic acids is 2. The molecule has 1 atom stereocenters. The highest BCUT2D eigenvalue weighted by molar-refractivity contribution is 6.00. The molecule has 2 aliphatic rings. The molecule has 1 fully saturated rings. The number of likely N-dealkylation sites (N-methyl/N-ethyl adjacent to an activating group) is 1. The maximum Gasteiger partial charge on any atom is 0.278 e. The molecule has 1 saturated heterocycles. The van der Waals surface area contributed by atoms with E-state index >= 15 is 0 Å². The molecule has 0 spiro atoms. The van der Waals surface area contributed by atoms with Crippen molar-refractivity contribution >= 4 is 11.7 Å². The van der Waals surface area contributed by atoms with E-state index < -0.39 is 40.7 Å². The summed E-state index contributed by atoms with van der Waals surface area (Å²) in [6.07, 6.45) is 0.550. The maximum atomic E-state index is 13.9. The maximum absolute atomic E-state index is 13.9. The smallest absolute Gasteiger partial charge is 0.278 e. The number of ketones is 1. The number of hydrogen-bond acceptors (Lipinski definition) is 6. The Morgan fingerprint density at radius 3 is 2.77 bits per heavy atom. The van der Waals surface area contributed by atoms with E-state index in [-0.39, 0.29) is 36.3 Å². The van der Waals surface area contributed by atoms with Crippen molar-refractivity contribution in [2.75, 3.05) is 31.3 Å². The lowest BCUT2D eigenvalue weighted by atomic mass is 10.0. The van der Waals surface area contributed by atoms with Crippen LogP contribution in [0.5, 0.6) is 5.75 Å². The molecular weight excluding hydrogens is 412 g/mol. The first-order valence-electron chi connectivity index (χ1n) is 9.94. The fraction of sp³-hybridized carbons (Fsp3) is 0.381. The van der Waals surface area contributed by atoms with Crippen LogP contribution in [0, 0.1) is 11.6 Å². The molecule has 2 aromatic rings. The number of carbonyl (C=O) groups is 2. The summed E-state index contributed by atoms with van der Waals surface area (Å²) in [5.41, 5.74) is -1.32. The Kier molecular flexibility index (Phi) is 5.48. The molecule has 1 aromatic heterocycles. The van der Waals surface area contributed by atoms with Gasteiger partial charge < -0.3 is 14.7 Å². The Bertz CT molecular complexity index is 1120. The van der Waals surface area contributed by atoms with Crippen LogP contribution in [0.2, 0.25) is 0 Å². The number of benzene rings is 1. The second-order valence-electron chi connectivity index (χ2n) is 7.38. The van der Waals surface area contributed by atoms with Crippen LogP contribution in [0.15, 0.2) is 29.2 Å². The fourth-order valence-corrected chi connectivity index (χ4v) is 4.01. The van der Waals surface area contributed by atoms with Crippen LogP contribution in [0.4, 0.5) is 8.78 Å². The molecule has 10 heteroatoms. The van der Waals surface area contributed by atoms with E-state index in [9.17, 15) is 28.3 Å². The van der Waals surface area contributed by atoms with Gasteiger partial charge in [0.1, 0.15) is 17.8 Å². The zero-order valence-corrected chi connectivity index (χ0v) is 16.8. The summed E-state index contributed by atoms with van der Waals surface area (Å²) in [5, 5.41) is 12.3. The van der Waals surface area contributed by atoms with Crippen LogP contribution < -0.4 is 10.4 Å². The Balaban J connectivity index is 1.69. The molecule has 8 nitrogen and oxygen atoms in total. The molecule has 0 radical (unpaired) electrons. The van der Waals surface area contributed by atoms with Gasteiger partial charge in [0.2, 0.25) is 5.43 Å². The van der Waals surface area contributed by atoms with Gasteiger partial charge in [0.15, 0.2) is 17.2 Å². The van der Waals surface area contributed by atoms with E-state index in [1.165, 1.54) is 21.8 Å². The number of aromatic hydroxyl groups is 1. The second kappa shape index (κ2) is 8.10. The number of amides is 1. The van der Waals surface area contributed by atoms with Crippen LogP contribution in [-0.2, 0) is 11.2 Å². The van der Waals surface area contributed by atoms with E-state index in [1.54, 1.807) is 11.9 Å². The van der Waals surface area contributed by atoms with Gasteiger partial charge in [0.25, 0.3) is 5.91 Å². The number of pyridine rings is 1. The van der Waals surface area contributed by atoms with Crippen molar-refractivity contribution in [3.8, 4) is 5.75 Å². The van der Waals surface area contributed by atoms with E-state index in [0.717, 1.165) is 12.1 Å². The SMILES string of the molecule is CCN1C(=O)c2c(O)c(=O)c(C(=O)CCc3ccc(F)cc3F)cn2N2CCOC[C@@H]12. The lowest BCUT2D eigenvalue weighted by molar-refractivity contribution is 0.00573. The summed E-state index contributed by atoms with van der Waals surface area (Å²) in [7, 11) is 0. The Morgan fingerprint density at radius 1 is 1.29 bits per heavy atom. The van der Waals surface area contributed by atoms with Crippen molar-refractivity contribution in [1.82, 2.24) is 9.58 Å². The quantitative estimate of drug-likeness (QED) is 0.718. The predicted octanol–water partition coefficient (Wildman–Crippen LogP) is 1.42. The summed E-state index contributed by atoms with van der Waals surface area (Å²) in [6, 6.07) is 3.06. The molecule has 0 unspecified atom stereocenters. The van der Waals surface area contributed by atoms with E-state index in [0.29, 0.717) is 19.7 Å². The number of fused-ring (bicyclic) bond motifs is 3. The lowest BCUT2D eigenvalue weighted by Gasteiger charge is -2.48. The first-order valence-corrected chi connectivity index (χ1v) is 9.94. The summed E-state index contributed by atoms with van der Waals surface area (Å²) in [6.45, 7) is 3.14. The third-order valence-electron chi connectivity index (χ3n) is 5.62. The molecule has 1 N–H and O–H groups in total. The number of halogens is 2. The van der Waals surface area contributed by atoms with Crippen LogP contribution in [-0.4, -0.2) is 58.8 Å². The van der Waals surface area contributed by atoms with Gasteiger partial charge >= 0.3 is 0 Å². The minimum atomic E-state index is -0.952. The highest BCUT2D eigenvalue weighted by Gasteiger charge is 2.41. The summed E-state index contributed by atoms with van der Waals surface area (Å²) in [4.78, 5) is 39.8. The lowest BCUT2D eigenvalue weighted by Crippen LogP contribution is -2.65. The van der Waals surface area contributed by atoms with Crippen LogP contribution >= 0.6 is 0 Å². The molecule has 1 amide bonds. The third kappa shape index (κ3) is 3.56. The number of aromatic nitrogens is 1. The van der Waals surface area contributed by atoms with E-state index in [1.807, 2.05) is 0 Å². The Hall–Kier alpha value is -3.27. The number of nitrogens with zero attached hydrogens (tertiary/aromatic N) is 3. The van der Waals surface area contributed by atoms with E-state index in [4.69, 9.17) is 4.74 Å². The van der Waals surface area contributed by atoms with Gasteiger partial charge in [0, 0.05) is 25.2 Å². The standard InChI is InChI=1S/C21H21F2N3O5/c1-2-24-17-11-31-8-7-25(17)26-10-14(19(28)20(29)18(26)21(24)30)16(27)6-4-12-3-5-13(22)9-15(12)23/h3,5,9-10,17,29H,2,4,6-8,11H2,1H3/t17-/m0/s1. The molecule has 164 valence electrons. The fourth-order valence-electron chi connectivity index (χ4n) is 4.01. The van der Waals surface area contributed by atoms with Crippen molar-refractivity contribution < 1.29 is 28.2 Å². The Labute approximate surface area is 176 Å². The first-order chi connectivity index (χ1) is 14.8. The van der Waals surface area contributed by atoms with Gasteiger partial charge in [-0.25, -0.2) is 8.78 Å². The van der Waals surface area contributed by atoms with Crippen molar-refractivity contribution in [2.45, 2.75) is 25.9 Å². The van der Waals surface area contributed by atoms with Crippen molar-refractivity contribution in [2.24, 2.45) is 0 Å². The number of morpholine rings is 1. The molecule has 31 heavy (non-hydrogen) atoms. The highest BCUT2D eigenvalue weighted by Crippen LogP contribution is 2.26. The molecule has 4 rings (SSSR count). The molecule has 3 heterocycles. The molecule has 0 saturated carbocycles. The molecule has 0 aliphatic carbocycles. The molecule has 1 aromatic carbocycles. The third-order valence-corrected chi connectivity index (χ3v) is 5.62. The minimum Gasteiger partial charge on any atom is -0.502 e. The monoisotopic (exact) mass is 433 g/mol. The zero-order chi connectivity index (χ0) is 22.3. The molecule has 2 aliphatic heterocycles. The molecular formula is C21H21F2N3O5. The topological polar surface area (TPSA) is 92.1 Å². The van der Waals surface area contributed by atoms with E-state index in [2.05, 4.69) is 0 Å². The number of rotatable bonds is 5. The summed E-state index contributed by atoms with van der Waals surface area (Å²) < 4.78 is 33.7. The first kappa shape index (κ1) is 21.0. The van der Waals surface area contributed by atoms with Gasteiger partial charge in [-0.1, -0.05) is 6.07 Å². The normalized spacial score (nSPS) is 18.0. The largest absolute Gasteiger partial charge is 0.502 e. The van der Waals surface area contributed by atoms with Crippen molar-refractivity contribution in [1.29, 1.82) is 0 Å². The number of hydrogen-bond donors (Lipinski definition) is 1. The number of ether oxygens (including phenoxy) is 1. The minimum absolute atomic E-state index is 0.0460. The van der Waals surface area contributed by atoms with Gasteiger partial charge in [-0.3, -0.25) is 24.1 Å². The van der Waals surface area contributed by atoms with Gasteiger partial charge in [-0.15, -0.1) is 0 Å². The molecule has 0 bridgehead atoms. The highest BCUT2D eigenvalue weighted by atomic mass is 19.1. The average molecular weight is 433 g/mol. The van der Waals surface area contributed by atoms with Crippen LogP contribution in [0.25, 0.3) is 0 Å². The average Bonchev–Trinajstić information content (AvgIpc) is 2.75. The van der Waals surface area contributed by atoms with Crippen LogP contribution in [0.3, 0.4) is 0 Å². The number of Topliss-reactive ketones (excluding diaryl/α,β-unsaturated/α-hetero) is 1. The Morgan fingerprint density at radius 2 is 2.06 bits per heavy atom. The van der Waals surface area contributed by atoms with Gasteiger partial charge in [-0.2, -0.15) is 0 Å². The van der Waals surface area contributed by atoms with Crippen molar-refractivity contribution in [3.63, 3.8) is 0 Å². The zero-order valence-electron chi connectivity index (χ0n) is 16.8. The van der Waals surface area contributed by atoms with Crippen molar-refractivity contribution in [3.05, 3.63) is 63.1 Å². The van der Waals surface area contributed by atoms with Gasteiger partial charge in [0.05, 0.1) is 25.3 Å². The summed E-state index contributed by atoms with van der Waals surface area (Å²) in [5.74, 6) is -3.45. The van der Waals surface area contributed by atoms with Crippen LogP contribution in [0.1, 0.15) is 39.8 Å². The van der Waals surface area contributed by atoms with Gasteiger partial charge in [-0.05, 0) is 25.0 Å². The summed E-state index contributed by atoms with van der Waals surface area (Å²) >= 11 is 0. The second-order valence-corrected chi connectivity index (χ2v) is 7.38.